The van der Waals surface area contributed by atoms with Gasteiger partial charge >= 0.3 is 5.97 Å². The number of benzene rings is 3. The van der Waals surface area contributed by atoms with E-state index in [1.165, 1.54) is 0 Å². The van der Waals surface area contributed by atoms with Gasteiger partial charge in [0.15, 0.2) is 0 Å². The third kappa shape index (κ3) is 3.71. The van der Waals surface area contributed by atoms with E-state index in [1.54, 1.807) is 0 Å². The topological polar surface area (TPSA) is 69.6 Å². The molecule has 0 saturated heterocycles. The van der Waals surface area contributed by atoms with Crippen molar-refractivity contribution in [2.45, 2.75) is 55.7 Å². The molecule has 4 aliphatic rings. The zero-order valence-corrected chi connectivity index (χ0v) is 19.9. The summed E-state index contributed by atoms with van der Waals surface area (Å²) in [5.74, 6) is -0.0170. The summed E-state index contributed by atoms with van der Waals surface area (Å²) in [6.45, 7) is 0. The highest BCUT2D eigenvalue weighted by Crippen LogP contribution is 2.63. The SMILES string of the molecule is O=C(O)[C@@H](NC(c1ccccc1)(c1ccccc1)c1ccccc1)C12CC3CC(CC(O)(C3)C1)C2. The summed E-state index contributed by atoms with van der Waals surface area (Å²) in [4.78, 5) is 13.1. The lowest BCUT2D eigenvalue weighted by Gasteiger charge is -2.62. The Bertz CT molecular complexity index is 1080. The van der Waals surface area contributed by atoms with E-state index in [4.69, 9.17) is 0 Å². The van der Waals surface area contributed by atoms with Crippen molar-refractivity contribution < 1.29 is 15.0 Å². The second-order valence-electron chi connectivity index (χ2n) is 11.3. The molecule has 0 radical (unpaired) electrons. The molecule has 0 amide bonds. The summed E-state index contributed by atoms with van der Waals surface area (Å²) in [6, 6.07) is 29.8. The van der Waals surface area contributed by atoms with E-state index in [2.05, 4.69) is 41.7 Å². The molecule has 0 aromatic heterocycles. The van der Waals surface area contributed by atoms with Crippen LogP contribution in [0.25, 0.3) is 0 Å². The van der Waals surface area contributed by atoms with Gasteiger partial charge in [0.1, 0.15) is 6.04 Å². The molecule has 4 saturated carbocycles. The van der Waals surface area contributed by atoms with Gasteiger partial charge in [0.05, 0.1) is 11.1 Å². The first-order valence-corrected chi connectivity index (χ1v) is 12.8. The van der Waals surface area contributed by atoms with Crippen molar-refractivity contribution >= 4 is 5.97 Å². The maximum atomic E-state index is 13.1. The Hall–Kier alpha value is -2.95. The van der Waals surface area contributed by atoms with Crippen molar-refractivity contribution in [3.63, 3.8) is 0 Å². The van der Waals surface area contributed by atoms with Gasteiger partial charge < -0.3 is 10.2 Å². The molecule has 4 bridgehead atoms. The largest absolute Gasteiger partial charge is 0.480 e. The average Bonchev–Trinajstić information content (AvgIpc) is 2.85. The van der Waals surface area contributed by atoms with Crippen LogP contribution in [0.2, 0.25) is 0 Å². The number of hydrogen-bond donors (Lipinski definition) is 3. The van der Waals surface area contributed by atoms with Crippen LogP contribution in [0.3, 0.4) is 0 Å². The molecule has 3 N–H and O–H groups in total. The lowest BCUT2D eigenvalue weighted by atomic mass is 9.46. The Kier molecular flexibility index (Phi) is 5.35. The number of hydrogen-bond acceptors (Lipinski definition) is 3. The number of aliphatic hydroxyl groups is 1. The predicted octanol–water partition coefficient (Wildman–Crippen LogP) is 5.35. The van der Waals surface area contributed by atoms with Crippen LogP contribution >= 0.6 is 0 Å². The molecule has 35 heavy (non-hydrogen) atoms. The van der Waals surface area contributed by atoms with Crippen molar-refractivity contribution in [3.8, 4) is 0 Å². The summed E-state index contributed by atoms with van der Waals surface area (Å²) < 4.78 is 0. The molecule has 2 unspecified atom stereocenters. The van der Waals surface area contributed by atoms with Crippen LogP contribution in [0.1, 0.15) is 55.2 Å². The average molecular weight is 468 g/mol. The Morgan fingerprint density at radius 3 is 1.57 bits per heavy atom. The van der Waals surface area contributed by atoms with E-state index < -0.39 is 28.6 Å². The number of carboxylic acid groups (broad SMARTS) is 1. The van der Waals surface area contributed by atoms with Gasteiger partial charge in [-0.05, 0) is 72.5 Å². The zero-order valence-electron chi connectivity index (χ0n) is 19.9. The van der Waals surface area contributed by atoms with Crippen molar-refractivity contribution in [2.75, 3.05) is 0 Å². The van der Waals surface area contributed by atoms with E-state index in [0.717, 1.165) is 48.8 Å². The maximum Gasteiger partial charge on any atom is 0.321 e. The van der Waals surface area contributed by atoms with Gasteiger partial charge in [0.2, 0.25) is 0 Å². The molecule has 4 heteroatoms. The van der Waals surface area contributed by atoms with E-state index in [9.17, 15) is 15.0 Å². The molecule has 180 valence electrons. The number of carbonyl (C=O) groups is 1. The van der Waals surface area contributed by atoms with Gasteiger partial charge in [-0.15, -0.1) is 0 Å². The molecular weight excluding hydrogens is 434 g/mol. The molecule has 3 aromatic rings. The Morgan fingerprint density at radius 1 is 0.771 bits per heavy atom. The summed E-state index contributed by atoms with van der Waals surface area (Å²) in [6.07, 6.45) is 5.05. The molecule has 0 aliphatic heterocycles. The molecular formula is C31H33NO3. The van der Waals surface area contributed by atoms with Gasteiger partial charge in [0, 0.05) is 0 Å². The maximum absolute atomic E-state index is 13.1. The standard InChI is InChI=1S/C31H33NO3/c33-28(34)27(29-17-22-16-23(18-29)20-30(35,19-22)21-29)32-31(24-10-4-1-5-11-24,25-12-6-2-7-13-25)26-14-8-3-9-15-26/h1-15,22-23,27,32,35H,16-21H2,(H,33,34)/t22?,23?,27-,29?,30?/m1/s1. The van der Waals surface area contributed by atoms with Gasteiger partial charge in [0.25, 0.3) is 0 Å². The summed E-state index contributed by atoms with van der Waals surface area (Å²) in [5.41, 5.74) is 0.979. The smallest absolute Gasteiger partial charge is 0.321 e. The first kappa shape index (κ1) is 22.5. The molecule has 0 heterocycles. The quantitative estimate of drug-likeness (QED) is 0.410. The monoisotopic (exact) mass is 467 g/mol. The number of carboxylic acids is 1. The summed E-state index contributed by atoms with van der Waals surface area (Å²) >= 11 is 0. The third-order valence-corrected chi connectivity index (χ3v) is 8.92. The first-order chi connectivity index (χ1) is 16.9. The van der Waals surface area contributed by atoms with Gasteiger partial charge in [-0.1, -0.05) is 91.0 Å². The van der Waals surface area contributed by atoms with Crippen LogP contribution in [-0.2, 0) is 10.3 Å². The summed E-state index contributed by atoms with van der Waals surface area (Å²) in [5, 5.41) is 26.0. The fraction of sp³-hybridized carbons (Fsp3) is 0.387. The van der Waals surface area contributed by atoms with Crippen LogP contribution in [-0.4, -0.2) is 27.8 Å². The molecule has 4 aliphatic carbocycles. The first-order valence-electron chi connectivity index (χ1n) is 12.8. The number of nitrogens with one attached hydrogen (secondary N) is 1. The summed E-state index contributed by atoms with van der Waals surface area (Å²) in [7, 11) is 0. The Morgan fingerprint density at radius 2 is 1.20 bits per heavy atom. The van der Waals surface area contributed by atoms with Crippen LogP contribution in [0.5, 0.6) is 0 Å². The fourth-order valence-corrected chi connectivity index (χ4v) is 8.13. The van der Waals surface area contributed by atoms with Crippen molar-refractivity contribution in [1.29, 1.82) is 0 Å². The van der Waals surface area contributed by atoms with Gasteiger partial charge in [-0.25, -0.2) is 0 Å². The van der Waals surface area contributed by atoms with Crippen LogP contribution < -0.4 is 5.32 Å². The van der Waals surface area contributed by atoms with E-state index in [1.807, 2.05) is 54.6 Å². The van der Waals surface area contributed by atoms with E-state index in [-0.39, 0.29) is 0 Å². The van der Waals surface area contributed by atoms with E-state index in [0.29, 0.717) is 18.3 Å². The number of aliphatic carboxylic acids is 1. The minimum atomic E-state index is -0.848. The highest BCUT2D eigenvalue weighted by atomic mass is 16.4. The highest BCUT2D eigenvalue weighted by molar-refractivity contribution is 5.76. The Balaban J connectivity index is 1.54. The van der Waals surface area contributed by atoms with Crippen LogP contribution in [0.15, 0.2) is 91.0 Å². The molecule has 7 rings (SSSR count). The molecule has 4 fully saturated rings. The second-order valence-corrected chi connectivity index (χ2v) is 11.3. The van der Waals surface area contributed by atoms with Gasteiger partial charge in [-0.3, -0.25) is 10.1 Å². The van der Waals surface area contributed by atoms with E-state index >= 15 is 0 Å². The fourth-order valence-electron chi connectivity index (χ4n) is 8.13. The molecule has 4 nitrogen and oxygen atoms in total. The number of rotatable bonds is 7. The minimum Gasteiger partial charge on any atom is -0.480 e. The zero-order chi connectivity index (χ0) is 24.1. The lowest BCUT2D eigenvalue weighted by Crippen LogP contribution is -2.66. The minimum absolute atomic E-state index is 0.407. The third-order valence-electron chi connectivity index (χ3n) is 8.92. The second kappa shape index (κ2) is 8.32. The highest BCUT2D eigenvalue weighted by Gasteiger charge is 2.62. The lowest BCUT2D eigenvalue weighted by molar-refractivity contribution is -0.184. The molecule has 3 atom stereocenters. The van der Waals surface area contributed by atoms with Crippen LogP contribution in [0, 0.1) is 17.3 Å². The molecule has 3 aromatic carbocycles. The Labute approximate surface area is 207 Å². The van der Waals surface area contributed by atoms with Crippen LogP contribution in [0.4, 0.5) is 0 Å². The molecule has 0 spiro atoms. The predicted molar refractivity (Wildman–Crippen MR) is 136 cm³/mol. The van der Waals surface area contributed by atoms with Crippen molar-refractivity contribution in [1.82, 2.24) is 5.32 Å². The van der Waals surface area contributed by atoms with Crippen molar-refractivity contribution in [2.24, 2.45) is 17.3 Å². The van der Waals surface area contributed by atoms with Crippen molar-refractivity contribution in [3.05, 3.63) is 108 Å². The normalized spacial score (nSPS) is 30.2. The van der Waals surface area contributed by atoms with Gasteiger partial charge in [-0.2, -0.15) is 0 Å².